The second-order valence-electron chi connectivity index (χ2n) is 7.88. The Labute approximate surface area is 236 Å². The Hall–Kier alpha value is -2.10. The van der Waals surface area contributed by atoms with Gasteiger partial charge in [0.05, 0.1) is 5.97 Å². The van der Waals surface area contributed by atoms with Gasteiger partial charge in [-0.15, -0.1) is 0 Å². The fraction of sp³-hybridized carbons (Fsp3) is 0.200. The molecule has 0 bridgehead atoms. The topological polar surface area (TPSA) is 62.2 Å². The Morgan fingerprint density at radius 2 is 1.69 bits per heavy atom. The normalized spacial score (nSPS) is 13.5. The van der Waals surface area contributed by atoms with E-state index in [2.05, 4.69) is 4.98 Å². The van der Waals surface area contributed by atoms with Gasteiger partial charge in [-0.2, -0.15) is 13.2 Å². The first-order valence-electron chi connectivity index (χ1n) is 10.4. The Morgan fingerprint density at radius 3 is 2.36 bits per heavy atom. The van der Waals surface area contributed by atoms with Crippen LogP contribution in [-0.4, -0.2) is 11.0 Å². The van der Waals surface area contributed by atoms with E-state index in [0.29, 0.717) is 41.2 Å². The van der Waals surface area contributed by atoms with Gasteiger partial charge in [0.1, 0.15) is 18.2 Å². The number of hydrogen-bond donors (Lipinski definition) is 0. The van der Waals surface area contributed by atoms with E-state index in [-0.39, 0.29) is 52.3 Å². The summed E-state index contributed by atoms with van der Waals surface area (Å²) in [5.74, 6) is -2.11. The number of alkyl halides is 3. The third kappa shape index (κ3) is 6.23. The molecule has 0 N–H and O–H groups in total. The van der Waals surface area contributed by atoms with E-state index in [1.807, 2.05) is 0 Å². The number of carboxylic acids is 1. The fourth-order valence-electron chi connectivity index (χ4n) is 4.03. The largest absolute Gasteiger partial charge is 1.00 e. The van der Waals surface area contributed by atoms with Gasteiger partial charge in [-0.25, -0.2) is 4.39 Å². The van der Waals surface area contributed by atoms with E-state index in [0.717, 1.165) is 17.8 Å². The van der Waals surface area contributed by atoms with Crippen LogP contribution in [0.2, 0.25) is 10.0 Å². The predicted octanol–water partition coefficient (Wildman–Crippen LogP) is 3.59. The van der Waals surface area contributed by atoms with Gasteiger partial charge >= 0.3 is 35.7 Å². The maximum Gasteiger partial charge on any atom is 1.00 e. The van der Waals surface area contributed by atoms with Crippen LogP contribution in [0.1, 0.15) is 52.0 Å². The van der Waals surface area contributed by atoms with Crippen molar-refractivity contribution in [3.8, 4) is 5.75 Å². The Morgan fingerprint density at radius 1 is 1.03 bits per heavy atom. The molecule has 0 radical (unpaired) electrons. The molecule has 3 aromatic rings. The number of pyridine rings is 1. The van der Waals surface area contributed by atoms with Gasteiger partial charge in [0.15, 0.2) is 5.69 Å². The van der Waals surface area contributed by atoms with Crippen LogP contribution in [0.5, 0.6) is 5.75 Å². The molecule has 36 heavy (non-hydrogen) atoms. The number of halogens is 6. The molecule has 1 aliphatic carbocycles. The molecular formula is C25H16Cl2F4NNaO3. The number of ether oxygens (including phenoxy) is 1. The summed E-state index contributed by atoms with van der Waals surface area (Å²) in [6.07, 6.45) is -2.24. The molecule has 0 saturated heterocycles. The molecule has 4 rings (SSSR count). The number of aromatic nitrogens is 1. The second kappa shape index (κ2) is 11.5. The van der Waals surface area contributed by atoms with Gasteiger partial charge < -0.3 is 14.6 Å². The summed E-state index contributed by atoms with van der Waals surface area (Å²) in [4.78, 5) is 14.8. The smallest absolute Gasteiger partial charge is 0.545 e. The molecule has 0 aliphatic heterocycles. The average molecular weight is 548 g/mol. The molecule has 1 aliphatic rings. The van der Waals surface area contributed by atoms with Crippen LogP contribution in [0.3, 0.4) is 0 Å². The molecule has 11 heteroatoms. The number of rotatable bonds is 6. The maximum atomic E-state index is 14.2. The van der Waals surface area contributed by atoms with Crippen molar-refractivity contribution >= 4 is 40.3 Å². The molecule has 0 amide bonds. The van der Waals surface area contributed by atoms with Crippen LogP contribution >= 0.6 is 23.2 Å². The third-order valence-electron chi connectivity index (χ3n) is 5.61. The van der Waals surface area contributed by atoms with E-state index < -0.39 is 29.2 Å². The standard InChI is InChI=1S/C25H17Cl2F4NO3.Na/c26-15-6-7-22(35-12-13-4-5-16(27)10-21(13)28)19(9-15)18-3-1-2-17(18)14-8-20(24(33)34)23(32-11-14)25(29,30)31;/h4-11H,1-3,12H2,(H,33,34);/q;+1/p-1. The van der Waals surface area contributed by atoms with Crippen molar-refractivity contribution in [2.24, 2.45) is 0 Å². The van der Waals surface area contributed by atoms with Crippen molar-refractivity contribution in [1.29, 1.82) is 0 Å². The Balaban J connectivity index is 0.00000361. The molecule has 0 unspecified atom stereocenters. The summed E-state index contributed by atoms with van der Waals surface area (Å²) in [6, 6.07) is 10.0. The monoisotopic (exact) mass is 547 g/mol. The van der Waals surface area contributed by atoms with Gasteiger partial charge in [0.25, 0.3) is 0 Å². The number of nitrogens with zero attached hydrogens (tertiary/aromatic N) is 1. The predicted molar refractivity (Wildman–Crippen MR) is 121 cm³/mol. The first kappa shape index (κ1) is 28.5. The molecule has 0 spiro atoms. The van der Waals surface area contributed by atoms with Gasteiger partial charge in [0.2, 0.25) is 0 Å². The zero-order valence-corrected chi connectivity index (χ0v) is 22.4. The van der Waals surface area contributed by atoms with Crippen molar-refractivity contribution in [1.82, 2.24) is 4.98 Å². The van der Waals surface area contributed by atoms with E-state index in [9.17, 15) is 27.5 Å². The Bertz CT molecular complexity index is 1350. The van der Waals surface area contributed by atoms with Gasteiger partial charge in [0, 0.05) is 32.9 Å². The SMILES string of the molecule is O=C([O-])c1cc(C2=C(c3cc(Cl)ccc3OCc3ccc(Cl)cc3F)CCC2)cnc1C(F)(F)F.[Na+]. The zero-order valence-electron chi connectivity index (χ0n) is 18.9. The summed E-state index contributed by atoms with van der Waals surface area (Å²) < 4.78 is 59.7. The minimum absolute atomic E-state index is 0. The molecule has 1 heterocycles. The zero-order chi connectivity index (χ0) is 25.3. The molecule has 4 nitrogen and oxygen atoms in total. The van der Waals surface area contributed by atoms with Crippen LogP contribution < -0.4 is 39.4 Å². The maximum absolute atomic E-state index is 14.2. The third-order valence-corrected chi connectivity index (χ3v) is 6.08. The molecular weight excluding hydrogens is 532 g/mol. The minimum Gasteiger partial charge on any atom is -0.545 e. The van der Waals surface area contributed by atoms with Gasteiger partial charge in [-0.3, -0.25) is 4.98 Å². The number of carbonyl (C=O) groups excluding carboxylic acids is 1. The molecule has 0 fully saturated rings. The summed E-state index contributed by atoms with van der Waals surface area (Å²) >= 11 is 12.0. The van der Waals surface area contributed by atoms with Crippen LogP contribution in [-0.2, 0) is 12.8 Å². The molecule has 182 valence electrons. The summed E-state index contributed by atoms with van der Waals surface area (Å²) in [6.45, 7) is -0.100. The number of hydrogen-bond acceptors (Lipinski definition) is 4. The summed E-state index contributed by atoms with van der Waals surface area (Å²) in [5, 5.41) is 12.1. The van der Waals surface area contributed by atoms with E-state index in [4.69, 9.17) is 27.9 Å². The van der Waals surface area contributed by atoms with Gasteiger partial charge in [-0.05, 0) is 72.4 Å². The van der Waals surface area contributed by atoms with Crippen molar-refractivity contribution in [3.05, 3.63) is 92.5 Å². The quantitative estimate of drug-likeness (QED) is 0.349. The molecule has 1 aromatic heterocycles. The number of carboxylic acid groups (broad SMARTS) is 1. The van der Waals surface area contributed by atoms with Crippen LogP contribution in [0.25, 0.3) is 11.1 Å². The summed E-state index contributed by atoms with van der Waals surface area (Å²) in [5.41, 5.74) is -0.105. The van der Waals surface area contributed by atoms with Crippen LogP contribution in [0.4, 0.5) is 17.6 Å². The number of aromatic carboxylic acids is 1. The average Bonchev–Trinajstić information content (AvgIpc) is 3.28. The van der Waals surface area contributed by atoms with Crippen molar-refractivity contribution in [2.45, 2.75) is 32.0 Å². The van der Waals surface area contributed by atoms with Crippen molar-refractivity contribution in [3.63, 3.8) is 0 Å². The van der Waals surface area contributed by atoms with Crippen LogP contribution in [0, 0.1) is 5.82 Å². The molecule has 2 aromatic carbocycles. The molecule has 0 saturated carbocycles. The fourth-order valence-corrected chi connectivity index (χ4v) is 4.36. The van der Waals surface area contributed by atoms with Crippen molar-refractivity contribution < 1.29 is 61.8 Å². The first-order chi connectivity index (χ1) is 16.5. The molecule has 0 atom stereocenters. The number of benzene rings is 2. The van der Waals surface area contributed by atoms with E-state index >= 15 is 0 Å². The second-order valence-corrected chi connectivity index (χ2v) is 8.75. The first-order valence-corrected chi connectivity index (χ1v) is 11.2. The Kier molecular flexibility index (Phi) is 9.11. The minimum atomic E-state index is -4.94. The van der Waals surface area contributed by atoms with Crippen molar-refractivity contribution in [2.75, 3.05) is 0 Å². The number of allylic oxidation sites excluding steroid dienone is 2. The number of carbonyl (C=O) groups is 1. The van der Waals surface area contributed by atoms with E-state index in [1.165, 1.54) is 18.2 Å². The summed E-state index contributed by atoms with van der Waals surface area (Å²) in [7, 11) is 0. The van der Waals surface area contributed by atoms with Crippen LogP contribution in [0.15, 0.2) is 48.7 Å². The van der Waals surface area contributed by atoms with Gasteiger partial charge in [-0.1, -0.05) is 29.3 Å². The van der Waals surface area contributed by atoms with E-state index in [1.54, 1.807) is 18.2 Å².